The predicted molar refractivity (Wildman–Crippen MR) is 94.8 cm³/mol. The zero-order chi connectivity index (χ0) is 20.5. The largest absolute Gasteiger partial charge is 0.471 e. The summed E-state index contributed by atoms with van der Waals surface area (Å²) in [7, 11) is -3.48. The zero-order valence-electron chi connectivity index (χ0n) is 14.5. The monoisotopic (exact) mass is 409 g/mol. The molecule has 1 aliphatic rings. The van der Waals surface area contributed by atoms with E-state index in [0.717, 1.165) is 6.26 Å². The molecule has 10 heteroatoms. The molecule has 0 amide bonds. The van der Waals surface area contributed by atoms with Gasteiger partial charge in [-0.25, -0.2) is 13.9 Å². The fraction of sp³-hybridized carbons (Fsp3) is 0.167. The topological polar surface area (TPSA) is 92.5 Å². The second kappa shape index (κ2) is 7.19. The molecule has 0 saturated carbocycles. The number of pyridine rings is 1. The van der Waals surface area contributed by atoms with Crippen LogP contribution in [0.15, 0.2) is 70.3 Å². The van der Waals surface area contributed by atoms with Crippen LogP contribution in [0.5, 0.6) is 0 Å². The lowest BCUT2D eigenvalue weighted by atomic mass is 9.88. The van der Waals surface area contributed by atoms with Crippen molar-refractivity contribution in [2.24, 2.45) is 5.11 Å². The molecule has 1 aliphatic heterocycles. The number of hydrogen-bond donors (Lipinski definition) is 1. The third kappa shape index (κ3) is 3.81. The third-order valence-electron chi connectivity index (χ3n) is 4.08. The van der Waals surface area contributed by atoms with Crippen molar-refractivity contribution >= 4 is 21.0 Å². The van der Waals surface area contributed by atoms with Gasteiger partial charge in [-0.15, -0.1) is 5.11 Å². The number of halogens is 3. The van der Waals surface area contributed by atoms with Crippen LogP contribution in [0.1, 0.15) is 11.1 Å². The molecule has 6 nitrogen and oxygen atoms in total. The molecule has 0 spiro atoms. The maximum absolute atomic E-state index is 13.7. The van der Waals surface area contributed by atoms with Crippen LogP contribution in [0.25, 0.3) is 11.1 Å². The summed E-state index contributed by atoms with van der Waals surface area (Å²) in [6.45, 7) is -0.795. The molecular weight excluding hydrogens is 395 g/mol. The van der Waals surface area contributed by atoms with Gasteiger partial charge in [0.15, 0.2) is 9.84 Å². The summed E-state index contributed by atoms with van der Waals surface area (Å²) >= 11 is 0. The second-order valence-corrected chi connectivity index (χ2v) is 7.99. The third-order valence-corrected chi connectivity index (χ3v) is 5.21. The van der Waals surface area contributed by atoms with E-state index in [1.165, 1.54) is 48.8 Å². The maximum atomic E-state index is 13.7. The molecule has 0 unspecified atom stereocenters. The highest BCUT2D eigenvalue weighted by atomic mass is 32.2. The van der Waals surface area contributed by atoms with Crippen molar-refractivity contribution in [3.63, 3.8) is 0 Å². The Morgan fingerprint density at radius 1 is 1.11 bits per heavy atom. The summed E-state index contributed by atoms with van der Waals surface area (Å²) in [6.07, 6.45) is -0.954. The van der Waals surface area contributed by atoms with E-state index in [4.69, 9.17) is 10.3 Å². The number of hydrogen-bond acceptors (Lipinski definition) is 6. The molecule has 0 saturated heterocycles. The van der Waals surface area contributed by atoms with Gasteiger partial charge in [0, 0.05) is 29.8 Å². The van der Waals surface area contributed by atoms with Gasteiger partial charge >= 0.3 is 6.18 Å². The number of sulfone groups is 1. The Kier molecular flexibility index (Phi) is 5.07. The standard InChI is InChI=1S/C18H14F3N3O3S/c1-28(25,26)13-6-4-11(5-7-13)16-15(12-3-2-8-23-9-12)14(18(19,20)21)10-27-17(16)24-22/h2-9,22H,10H2,1H3. The lowest BCUT2D eigenvalue weighted by Crippen LogP contribution is -2.23. The number of rotatable bonds is 4. The Hall–Kier alpha value is -3.01. The van der Waals surface area contributed by atoms with Gasteiger partial charge in [-0.1, -0.05) is 18.2 Å². The first kappa shape index (κ1) is 19.7. The SMILES string of the molecule is CS(=O)(=O)c1ccc(C2=C(N=N)OCC(C(F)(F)F)=C2c2cccnc2)cc1. The maximum Gasteiger partial charge on any atom is 0.416 e. The first-order chi connectivity index (χ1) is 13.1. The Labute approximate surface area is 158 Å². The van der Waals surface area contributed by atoms with E-state index >= 15 is 0 Å². The van der Waals surface area contributed by atoms with Crippen LogP contribution < -0.4 is 0 Å². The van der Waals surface area contributed by atoms with E-state index in [1.807, 2.05) is 0 Å². The van der Waals surface area contributed by atoms with Crippen molar-refractivity contribution in [2.45, 2.75) is 11.1 Å². The minimum Gasteiger partial charge on any atom is -0.471 e. The Bertz CT molecular complexity index is 1070. The average molecular weight is 409 g/mol. The molecular formula is C18H14F3N3O3S. The molecule has 0 atom stereocenters. The first-order valence-electron chi connectivity index (χ1n) is 7.89. The first-order valence-corrected chi connectivity index (χ1v) is 9.78. The van der Waals surface area contributed by atoms with E-state index in [1.54, 1.807) is 0 Å². The van der Waals surface area contributed by atoms with Gasteiger partial charge in [0.25, 0.3) is 0 Å². The van der Waals surface area contributed by atoms with Gasteiger partial charge in [-0.05, 0) is 23.8 Å². The summed E-state index contributed by atoms with van der Waals surface area (Å²) in [6, 6.07) is 8.23. The van der Waals surface area contributed by atoms with Crippen molar-refractivity contribution in [1.82, 2.24) is 4.98 Å². The molecule has 1 aromatic heterocycles. The van der Waals surface area contributed by atoms with Crippen molar-refractivity contribution in [2.75, 3.05) is 12.9 Å². The van der Waals surface area contributed by atoms with E-state index in [2.05, 4.69) is 10.1 Å². The van der Waals surface area contributed by atoms with E-state index in [9.17, 15) is 21.6 Å². The van der Waals surface area contributed by atoms with Gasteiger partial charge in [-0.2, -0.15) is 13.2 Å². The van der Waals surface area contributed by atoms with Crippen molar-refractivity contribution in [3.05, 3.63) is 71.4 Å². The van der Waals surface area contributed by atoms with Crippen LogP contribution in [-0.2, 0) is 14.6 Å². The van der Waals surface area contributed by atoms with Crippen molar-refractivity contribution in [1.29, 1.82) is 5.53 Å². The number of allylic oxidation sites excluding steroid dienone is 2. The Morgan fingerprint density at radius 2 is 1.79 bits per heavy atom. The van der Waals surface area contributed by atoms with Gasteiger partial charge in [-0.3, -0.25) is 4.98 Å². The second-order valence-electron chi connectivity index (χ2n) is 5.97. The highest BCUT2D eigenvalue weighted by Crippen LogP contribution is 2.45. The molecule has 0 bridgehead atoms. The van der Waals surface area contributed by atoms with E-state index in [-0.39, 0.29) is 33.1 Å². The number of ether oxygens (including phenoxy) is 1. The minimum absolute atomic E-state index is 0.0147. The lowest BCUT2D eigenvalue weighted by Gasteiger charge is -2.26. The van der Waals surface area contributed by atoms with Crippen LogP contribution in [0.3, 0.4) is 0 Å². The van der Waals surface area contributed by atoms with Crippen LogP contribution >= 0.6 is 0 Å². The number of aromatic nitrogens is 1. The summed E-state index contributed by atoms with van der Waals surface area (Å²) in [5.41, 5.74) is 6.54. The molecule has 28 heavy (non-hydrogen) atoms. The van der Waals surface area contributed by atoms with E-state index in [0.29, 0.717) is 0 Å². The predicted octanol–water partition coefficient (Wildman–Crippen LogP) is 4.23. The van der Waals surface area contributed by atoms with Crippen molar-refractivity contribution < 1.29 is 26.3 Å². The quantitative estimate of drug-likeness (QED) is 0.765. The van der Waals surface area contributed by atoms with Gasteiger partial charge < -0.3 is 4.74 Å². The fourth-order valence-electron chi connectivity index (χ4n) is 2.82. The summed E-state index contributed by atoms with van der Waals surface area (Å²) < 4.78 is 69.4. The molecule has 3 rings (SSSR count). The summed E-state index contributed by atoms with van der Waals surface area (Å²) in [4.78, 5) is 3.89. The van der Waals surface area contributed by atoms with Crippen molar-refractivity contribution in [3.8, 4) is 0 Å². The molecule has 0 radical (unpaired) electrons. The van der Waals surface area contributed by atoms with Gasteiger partial charge in [0.05, 0.1) is 16.0 Å². The van der Waals surface area contributed by atoms with Crippen LogP contribution in [0, 0.1) is 5.53 Å². The van der Waals surface area contributed by atoms with Gasteiger partial charge in [0.1, 0.15) is 6.61 Å². The Morgan fingerprint density at radius 3 is 2.29 bits per heavy atom. The summed E-state index contributed by atoms with van der Waals surface area (Å²) in [5.74, 6) is -0.293. The smallest absolute Gasteiger partial charge is 0.416 e. The molecule has 146 valence electrons. The van der Waals surface area contributed by atoms with Gasteiger partial charge in [0.2, 0.25) is 5.88 Å². The molecule has 1 aromatic carbocycles. The normalized spacial score (nSPS) is 15.4. The Balaban J connectivity index is 2.29. The van der Waals surface area contributed by atoms with Crippen LogP contribution in [0.2, 0.25) is 0 Å². The highest BCUT2D eigenvalue weighted by molar-refractivity contribution is 7.90. The number of benzene rings is 1. The molecule has 0 fully saturated rings. The number of nitrogens with one attached hydrogen (secondary N) is 1. The fourth-order valence-corrected chi connectivity index (χ4v) is 3.45. The lowest BCUT2D eigenvalue weighted by molar-refractivity contribution is -0.0983. The molecule has 0 aliphatic carbocycles. The molecule has 2 heterocycles. The average Bonchev–Trinajstić information content (AvgIpc) is 2.66. The number of alkyl halides is 3. The highest BCUT2D eigenvalue weighted by Gasteiger charge is 2.41. The van der Waals surface area contributed by atoms with Crippen LogP contribution in [-0.4, -0.2) is 32.4 Å². The molecule has 2 aromatic rings. The summed E-state index contributed by atoms with van der Waals surface area (Å²) in [5, 5.41) is 3.24. The van der Waals surface area contributed by atoms with Crippen LogP contribution in [0.4, 0.5) is 13.2 Å². The zero-order valence-corrected chi connectivity index (χ0v) is 15.3. The minimum atomic E-state index is -4.68. The van der Waals surface area contributed by atoms with E-state index < -0.39 is 28.2 Å². The molecule has 1 N–H and O–H groups in total. The number of nitrogens with zero attached hydrogens (tertiary/aromatic N) is 2.